The molecule has 0 radical (unpaired) electrons. The molecule has 0 fully saturated rings. The van der Waals surface area contributed by atoms with Gasteiger partial charge >= 0.3 is 10.1 Å². The van der Waals surface area contributed by atoms with Crippen molar-refractivity contribution in [3.8, 4) is 23.3 Å². The van der Waals surface area contributed by atoms with Gasteiger partial charge < -0.3 is 19.0 Å². The first-order valence-electron chi connectivity index (χ1n) is 10.3. The van der Waals surface area contributed by atoms with E-state index in [4.69, 9.17) is 25.3 Å². The second-order valence-corrected chi connectivity index (χ2v) is 8.97. The van der Waals surface area contributed by atoms with E-state index in [9.17, 15) is 18.5 Å². The molecule has 35 heavy (non-hydrogen) atoms. The van der Waals surface area contributed by atoms with Crippen LogP contribution in [0.25, 0.3) is 6.08 Å². The molecule has 1 N–H and O–H groups in total. The van der Waals surface area contributed by atoms with Gasteiger partial charge in [-0.05, 0) is 79.2 Å². The van der Waals surface area contributed by atoms with Gasteiger partial charge in [0.05, 0.1) is 13.7 Å². The van der Waals surface area contributed by atoms with E-state index in [0.717, 1.165) is 0 Å². The van der Waals surface area contributed by atoms with Gasteiger partial charge in [-0.2, -0.15) is 13.7 Å². The number of carbonyl (C=O) groups excluding carboxylic acids is 1. The highest BCUT2D eigenvalue weighted by Crippen LogP contribution is 2.32. The lowest BCUT2D eigenvalue weighted by atomic mass is 10.1. The Kier molecular flexibility index (Phi) is 8.36. The molecule has 0 atom stereocenters. The molecule has 3 aromatic rings. The first kappa shape index (κ1) is 25.6. The van der Waals surface area contributed by atoms with Crippen LogP contribution in [0.5, 0.6) is 17.2 Å². The van der Waals surface area contributed by atoms with Crippen molar-refractivity contribution in [3.63, 3.8) is 0 Å². The van der Waals surface area contributed by atoms with E-state index in [-0.39, 0.29) is 28.6 Å². The van der Waals surface area contributed by atoms with Crippen LogP contribution in [0, 0.1) is 11.3 Å². The van der Waals surface area contributed by atoms with Crippen molar-refractivity contribution >= 4 is 39.4 Å². The Morgan fingerprint density at radius 1 is 1.06 bits per heavy atom. The predicted molar refractivity (Wildman–Crippen MR) is 132 cm³/mol. The van der Waals surface area contributed by atoms with Crippen molar-refractivity contribution in [3.05, 3.63) is 82.9 Å². The summed E-state index contributed by atoms with van der Waals surface area (Å²) in [4.78, 5) is 12.5. The van der Waals surface area contributed by atoms with Crippen LogP contribution in [-0.4, -0.2) is 28.0 Å². The molecular formula is C25H21ClN2O6S. The van der Waals surface area contributed by atoms with Crippen molar-refractivity contribution in [1.29, 1.82) is 5.26 Å². The molecule has 0 saturated heterocycles. The fourth-order valence-electron chi connectivity index (χ4n) is 2.91. The number of rotatable bonds is 9. The van der Waals surface area contributed by atoms with Crippen LogP contribution in [-0.2, 0) is 14.9 Å². The number of halogens is 1. The van der Waals surface area contributed by atoms with Gasteiger partial charge in [-0.3, -0.25) is 4.79 Å². The summed E-state index contributed by atoms with van der Waals surface area (Å²) in [5, 5.41) is 12.6. The SMILES string of the molecule is CCOc1cc(/C=C(\C#N)C(=O)Nc2ccc(Cl)cc2)ccc1OS(=O)(=O)c1ccc(OC)cc1. The molecule has 0 saturated carbocycles. The van der Waals surface area contributed by atoms with E-state index < -0.39 is 16.0 Å². The quantitative estimate of drug-likeness (QED) is 0.242. The number of amides is 1. The minimum Gasteiger partial charge on any atom is -0.497 e. The summed E-state index contributed by atoms with van der Waals surface area (Å²) < 4.78 is 41.3. The van der Waals surface area contributed by atoms with Gasteiger partial charge in [0.1, 0.15) is 22.3 Å². The molecule has 0 aliphatic heterocycles. The highest BCUT2D eigenvalue weighted by molar-refractivity contribution is 7.87. The number of nitriles is 1. The molecule has 180 valence electrons. The van der Waals surface area contributed by atoms with Gasteiger partial charge in [-0.15, -0.1) is 0 Å². The topological polar surface area (TPSA) is 115 Å². The van der Waals surface area contributed by atoms with Crippen molar-refractivity contribution in [1.82, 2.24) is 0 Å². The van der Waals surface area contributed by atoms with Crippen LogP contribution in [0.15, 0.2) is 77.2 Å². The average molecular weight is 513 g/mol. The van der Waals surface area contributed by atoms with Crippen LogP contribution in [0.4, 0.5) is 5.69 Å². The number of carbonyl (C=O) groups is 1. The van der Waals surface area contributed by atoms with Gasteiger partial charge in [0.2, 0.25) is 0 Å². The fourth-order valence-corrected chi connectivity index (χ4v) is 3.97. The Morgan fingerprint density at radius 2 is 1.74 bits per heavy atom. The third-order valence-electron chi connectivity index (χ3n) is 4.59. The average Bonchev–Trinajstić information content (AvgIpc) is 2.85. The van der Waals surface area contributed by atoms with Crippen molar-refractivity contribution in [2.75, 3.05) is 19.0 Å². The molecule has 0 aliphatic rings. The molecule has 0 unspecified atom stereocenters. The van der Waals surface area contributed by atoms with Gasteiger partial charge in [-0.25, -0.2) is 0 Å². The molecule has 10 heteroatoms. The monoisotopic (exact) mass is 512 g/mol. The number of benzene rings is 3. The molecule has 0 aromatic heterocycles. The Morgan fingerprint density at radius 3 is 2.34 bits per heavy atom. The number of ether oxygens (including phenoxy) is 2. The molecule has 1 amide bonds. The molecule has 8 nitrogen and oxygen atoms in total. The predicted octanol–water partition coefficient (Wildman–Crippen LogP) is 5.06. The van der Waals surface area contributed by atoms with Crippen molar-refractivity contribution in [2.24, 2.45) is 0 Å². The maximum atomic E-state index is 12.7. The van der Waals surface area contributed by atoms with E-state index in [1.54, 1.807) is 31.2 Å². The summed E-state index contributed by atoms with van der Waals surface area (Å²) in [7, 11) is -2.67. The second-order valence-electron chi connectivity index (χ2n) is 6.98. The minimum atomic E-state index is -4.15. The smallest absolute Gasteiger partial charge is 0.339 e. The van der Waals surface area contributed by atoms with Crippen molar-refractivity contribution < 1.29 is 26.9 Å². The van der Waals surface area contributed by atoms with Crippen LogP contribution in [0.2, 0.25) is 5.02 Å². The van der Waals surface area contributed by atoms with Crippen LogP contribution in [0.1, 0.15) is 12.5 Å². The van der Waals surface area contributed by atoms with Gasteiger partial charge in [0.25, 0.3) is 5.91 Å². The highest BCUT2D eigenvalue weighted by Gasteiger charge is 2.20. The van der Waals surface area contributed by atoms with E-state index in [1.165, 1.54) is 55.7 Å². The molecular weight excluding hydrogens is 492 g/mol. The van der Waals surface area contributed by atoms with Gasteiger partial charge in [0, 0.05) is 10.7 Å². The normalized spacial score (nSPS) is 11.3. The minimum absolute atomic E-state index is 0.0380. The number of hydrogen-bond donors (Lipinski definition) is 1. The maximum absolute atomic E-state index is 12.7. The van der Waals surface area contributed by atoms with Gasteiger partial charge in [-0.1, -0.05) is 17.7 Å². The zero-order valence-electron chi connectivity index (χ0n) is 18.8. The highest BCUT2D eigenvalue weighted by atomic mass is 35.5. The van der Waals surface area contributed by atoms with Gasteiger partial charge in [0.15, 0.2) is 11.5 Å². The van der Waals surface area contributed by atoms with Crippen molar-refractivity contribution in [2.45, 2.75) is 11.8 Å². The fraction of sp³-hybridized carbons (Fsp3) is 0.120. The van der Waals surface area contributed by atoms with E-state index in [2.05, 4.69) is 5.32 Å². The second kappa shape index (κ2) is 11.4. The number of anilines is 1. The molecule has 0 bridgehead atoms. The first-order chi connectivity index (χ1) is 16.7. The van der Waals surface area contributed by atoms with Crippen LogP contribution < -0.4 is 19.0 Å². The Hall–Kier alpha value is -4.00. The zero-order chi connectivity index (χ0) is 25.4. The Balaban J connectivity index is 1.85. The number of nitrogens with one attached hydrogen (secondary N) is 1. The largest absolute Gasteiger partial charge is 0.497 e. The Bertz CT molecular complexity index is 1380. The third kappa shape index (κ3) is 6.76. The lowest BCUT2D eigenvalue weighted by Crippen LogP contribution is -2.13. The summed E-state index contributed by atoms with van der Waals surface area (Å²) in [5.41, 5.74) is 0.746. The summed E-state index contributed by atoms with van der Waals surface area (Å²) in [6, 6.07) is 18.4. The summed E-state index contributed by atoms with van der Waals surface area (Å²) in [5.74, 6) is -0.0173. The molecule has 3 rings (SSSR count). The van der Waals surface area contributed by atoms with Crippen LogP contribution in [0.3, 0.4) is 0 Å². The molecule has 0 aliphatic carbocycles. The third-order valence-corrected chi connectivity index (χ3v) is 6.09. The number of methoxy groups -OCH3 is 1. The summed E-state index contributed by atoms with van der Waals surface area (Å²) in [6.45, 7) is 1.96. The lowest BCUT2D eigenvalue weighted by molar-refractivity contribution is -0.112. The zero-order valence-corrected chi connectivity index (χ0v) is 20.4. The summed E-state index contributed by atoms with van der Waals surface area (Å²) >= 11 is 5.84. The first-order valence-corrected chi connectivity index (χ1v) is 12.1. The lowest BCUT2D eigenvalue weighted by Gasteiger charge is -2.13. The number of nitrogens with zero attached hydrogens (tertiary/aromatic N) is 1. The number of hydrogen-bond acceptors (Lipinski definition) is 7. The van der Waals surface area contributed by atoms with E-state index in [1.807, 2.05) is 6.07 Å². The molecule has 0 spiro atoms. The van der Waals surface area contributed by atoms with E-state index >= 15 is 0 Å². The standard InChI is InChI=1S/C25H21ClN2O6S/c1-3-33-24-15-17(14-18(16-27)25(29)28-20-7-5-19(26)6-8-20)4-13-23(24)34-35(30,31)22-11-9-21(32-2)10-12-22/h4-15H,3H2,1-2H3,(H,28,29)/b18-14+. The molecule has 0 heterocycles. The van der Waals surface area contributed by atoms with Crippen LogP contribution >= 0.6 is 11.6 Å². The Labute approximate surface area is 208 Å². The molecule has 3 aromatic carbocycles. The maximum Gasteiger partial charge on any atom is 0.339 e. The summed E-state index contributed by atoms with van der Waals surface area (Å²) in [6.07, 6.45) is 1.36. The van der Waals surface area contributed by atoms with E-state index in [0.29, 0.717) is 22.0 Å².